The zero-order valence-corrected chi connectivity index (χ0v) is 9.75. The predicted molar refractivity (Wildman–Crippen MR) is 66.2 cm³/mol. The molecule has 6 heteroatoms. The number of nitrogens with one attached hydrogen (secondary N) is 1. The van der Waals surface area contributed by atoms with Gasteiger partial charge in [0.25, 0.3) is 5.91 Å². The zero-order valence-electron chi connectivity index (χ0n) is 9.75. The van der Waals surface area contributed by atoms with E-state index in [0.29, 0.717) is 5.69 Å². The third kappa shape index (κ3) is 2.14. The van der Waals surface area contributed by atoms with Gasteiger partial charge in [-0.15, -0.1) is 0 Å². The van der Waals surface area contributed by atoms with E-state index in [9.17, 15) is 9.59 Å². The molecule has 1 aromatic carbocycles. The van der Waals surface area contributed by atoms with Crippen LogP contribution >= 0.6 is 0 Å². The first-order valence-corrected chi connectivity index (χ1v) is 5.31. The van der Waals surface area contributed by atoms with Gasteiger partial charge in [-0.25, -0.2) is 10.5 Å². The molecule has 2 aromatic rings. The summed E-state index contributed by atoms with van der Waals surface area (Å²) in [6.45, 7) is 1.74. The highest BCUT2D eigenvalue weighted by Gasteiger charge is 2.13. The number of hydrogen-bond donors (Lipinski definition) is 2. The summed E-state index contributed by atoms with van der Waals surface area (Å²) in [6, 6.07) is 10.6. The molecule has 0 aliphatic rings. The second-order valence-corrected chi connectivity index (χ2v) is 3.72. The fraction of sp³-hybridized carbons (Fsp3) is 0.0833. The van der Waals surface area contributed by atoms with Crippen LogP contribution < -0.4 is 16.7 Å². The number of amides is 1. The topological polar surface area (TPSA) is 90.0 Å². The van der Waals surface area contributed by atoms with E-state index in [1.807, 2.05) is 35.8 Å². The number of nitrogens with zero attached hydrogens (tertiary/aromatic N) is 2. The van der Waals surface area contributed by atoms with Crippen LogP contribution in [0.1, 0.15) is 16.2 Å². The van der Waals surface area contributed by atoms with Crippen molar-refractivity contribution in [1.82, 2.24) is 15.2 Å². The lowest BCUT2D eigenvalue weighted by atomic mass is 10.3. The fourth-order valence-electron chi connectivity index (χ4n) is 1.60. The maximum Gasteiger partial charge on any atom is 0.289 e. The standard InChI is InChI=1S/C12H12N4O2/c1-8-7-10(17)11(12(18)14-13)15-16(8)9-5-3-2-4-6-9/h2-7H,13H2,1H3,(H,14,18). The summed E-state index contributed by atoms with van der Waals surface area (Å²) in [7, 11) is 0. The minimum atomic E-state index is -0.704. The summed E-state index contributed by atoms with van der Waals surface area (Å²) in [5.41, 5.74) is 2.62. The number of hydrazine groups is 1. The minimum Gasteiger partial charge on any atom is -0.289 e. The third-order valence-corrected chi connectivity index (χ3v) is 2.45. The Kier molecular flexibility index (Phi) is 3.20. The highest BCUT2D eigenvalue weighted by Crippen LogP contribution is 2.07. The van der Waals surface area contributed by atoms with Crippen LogP contribution in [0.15, 0.2) is 41.2 Å². The van der Waals surface area contributed by atoms with Crippen LogP contribution in [-0.4, -0.2) is 15.7 Å². The van der Waals surface area contributed by atoms with Gasteiger partial charge in [-0.1, -0.05) is 18.2 Å². The number of benzene rings is 1. The average molecular weight is 244 g/mol. The average Bonchev–Trinajstić information content (AvgIpc) is 2.39. The van der Waals surface area contributed by atoms with E-state index >= 15 is 0 Å². The molecule has 1 amide bonds. The second kappa shape index (κ2) is 4.80. The molecular formula is C12H12N4O2. The quantitative estimate of drug-likeness (QED) is 0.447. The molecule has 2 rings (SSSR count). The predicted octanol–water partition coefficient (Wildman–Crippen LogP) is 0.144. The van der Waals surface area contributed by atoms with Crippen molar-refractivity contribution in [3.63, 3.8) is 0 Å². The first kappa shape index (κ1) is 12.0. The molecule has 0 fully saturated rings. The van der Waals surface area contributed by atoms with Crippen LogP contribution in [0, 0.1) is 6.92 Å². The number of nitrogen functional groups attached to an aromatic ring is 1. The zero-order chi connectivity index (χ0) is 13.1. The molecular weight excluding hydrogens is 232 g/mol. The summed E-state index contributed by atoms with van der Waals surface area (Å²) in [5, 5.41) is 4.02. The largest absolute Gasteiger partial charge is 0.289 e. The lowest BCUT2D eigenvalue weighted by Gasteiger charge is -2.10. The molecule has 1 heterocycles. The van der Waals surface area contributed by atoms with Gasteiger partial charge in [0.15, 0.2) is 5.69 Å². The fourth-order valence-corrected chi connectivity index (χ4v) is 1.60. The van der Waals surface area contributed by atoms with Crippen molar-refractivity contribution in [1.29, 1.82) is 0 Å². The number of carbonyl (C=O) groups excluding carboxylic acids is 1. The van der Waals surface area contributed by atoms with E-state index in [4.69, 9.17) is 5.84 Å². The van der Waals surface area contributed by atoms with Crippen LogP contribution in [0.4, 0.5) is 0 Å². The Hall–Kier alpha value is -2.47. The summed E-state index contributed by atoms with van der Waals surface area (Å²) in [5.74, 6) is 4.31. The number of hydrogen-bond acceptors (Lipinski definition) is 4. The van der Waals surface area contributed by atoms with Gasteiger partial charge in [0.2, 0.25) is 5.43 Å². The molecule has 0 unspecified atom stereocenters. The van der Waals surface area contributed by atoms with Gasteiger partial charge >= 0.3 is 0 Å². The normalized spacial score (nSPS) is 10.1. The van der Waals surface area contributed by atoms with E-state index in [1.165, 1.54) is 10.7 Å². The molecule has 6 nitrogen and oxygen atoms in total. The first-order valence-electron chi connectivity index (χ1n) is 5.31. The van der Waals surface area contributed by atoms with Crippen LogP contribution in [0.25, 0.3) is 5.69 Å². The summed E-state index contributed by atoms with van der Waals surface area (Å²) in [4.78, 5) is 23.0. The van der Waals surface area contributed by atoms with Crippen LogP contribution in [0.2, 0.25) is 0 Å². The Labute approximate surface area is 103 Å². The molecule has 0 spiro atoms. The van der Waals surface area contributed by atoms with Crippen LogP contribution in [-0.2, 0) is 0 Å². The molecule has 0 saturated heterocycles. The maximum absolute atomic E-state index is 11.6. The van der Waals surface area contributed by atoms with Crippen molar-refractivity contribution in [2.45, 2.75) is 6.92 Å². The van der Waals surface area contributed by atoms with Gasteiger partial charge in [-0.05, 0) is 19.1 Å². The van der Waals surface area contributed by atoms with Gasteiger partial charge in [0.1, 0.15) is 0 Å². The van der Waals surface area contributed by atoms with Crippen LogP contribution in [0.5, 0.6) is 0 Å². The Bertz CT molecular complexity index is 634. The van der Waals surface area contributed by atoms with E-state index in [-0.39, 0.29) is 5.69 Å². The van der Waals surface area contributed by atoms with E-state index in [1.54, 1.807) is 6.92 Å². The number of nitrogens with two attached hydrogens (primary N) is 1. The van der Waals surface area contributed by atoms with Crippen molar-refractivity contribution in [3.05, 3.63) is 58.0 Å². The molecule has 18 heavy (non-hydrogen) atoms. The third-order valence-electron chi connectivity index (χ3n) is 2.45. The Morgan fingerprint density at radius 1 is 1.33 bits per heavy atom. The molecule has 0 aliphatic heterocycles. The summed E-state index contributed by atoms with van der Waals surface area (Å²) >= 11 is 0. The Morgan fingerprint density at radius 2 is 2.00 bits per heavy atom. The maximum atomic E-state index is 11.6. The lowest BCUT2D eigenvalue weighted by molar-refractivity contribution is 0.0945. The van der Waals surface area contributed by atoms with Crippen molar-refractivity contribution >= 4 is 5.91 Å². The van der Waals surface area contributed by atoms with Crippen molar-refractivity contribution in [2.75, 3.05) is 0 Å². The molecule has 0 atom stereocenters. The van der Waals surface area contributed by atoms with E-state index in [0.717, 1.165) is 5.69 Å². The van der Waals surface area contributed by atoms with Crippen molar-refractivity contribution < 1.29 is 4.79 Å². The van der Waals surface area contributed by atoms with Gasteiger partial charge in [-0.3, -0.25) is 15.0 Å². The molecule has 1 aromatic heterocycles. The summed E-state index contributed by atoms with van der Waals surface area (Å²) in [6.07, 6.45) is 0. The van der Waals surface area contributed by atoms with Gasteiger partial charge in [-0.2, -0.15) is 5.10 Å². The number of para-hydroxylation sites is 1. The second-order valence-electron chi connectivity index (χ2n) is 3.72. The molecule has 92 valence electrons. The molecule has 0 bridgehead atoms. The minimum absolute atomic E-state index is 0.230. The highest BCUT2D eigenvalue weighted by molar-refractivity contribution is 5.91. The Balaban J connectivity index is 2.63. The molecule has 0 saturated carbocycles. The number of carbonyl (C=O) groups is 1. The monoisotopic (exact) mass is 244 g/mol. The van der Waals surface area contributed by atoms with Gasteiger partial charge in [0, 0.05) is 11.8 Å². The van der Waals surface area contributed by atoms with E-state index in [2.05, 4.69) is 5.10 Å². The highest BCUT2D eigenvalue weighted by atomic mass is 16.2. The summed E-state index contributed by atoms with van der Waals surface area (Å²) < 4.78 is 1.52. The lowest BCUT2D eigenvalue weighted by Crippen LogP contribution is -2.36. The SMILES string of the molecule is Cc1cc(=O)c(C(=O)NN)nn1-c1ccccc1. The number of aromatic nitrogens is 2. The smallest absolute Gasteiger partial charge is 0.289 e. The Morgan fingerprint density at radius 3 is 2.61 bits per heavy atom. The molecule has 0 aliphatic carbocycles. The van der Waals surface area contributed by atoms with Crippen molar-refractivity contribution in [2.24, 2.45) is 5.84 Å². The number of aryl methyl sites for hydroxylation is 1. The first-order chi connectivity index (χ1) is 8.63. The van der Waals surface area contributed by atoms with Gasteiger partial charge in [0.05, 0.1) is 5.69 Å². The van der Waals surface area contributed by atoms with Crippen molar-refractivity contribution in [3.8, 4) is 5.69 Å². The van der Waals surface area contributed by atoms with Gasteiger partial charge < -0.3 is 0 Å². The van der Waals surface area contributed by atoms with E-state index < -0.39 is 11.3 Å². The van der Waals surface area contributed by atoms with Crippen LogP contribution in [0.3, 0.4) is 0 Å². The molecule has 0 radical (unpaired) electrons. The molecule has 3 N–H and O–H groups in total. The number of rotatable bonds is 2.